The second-order valence-electron chi connectivity index (χ2n) is 4.47. The summed E-state index contributed by atoms with van der Waals surface area (Å²) in [6, 6.07) is 8.05. The summed E-state index contributed by atoms with van der Waals surface area (Å²) < 4.78 is 10.0. The van der Waals surface area contributed by atoms with Gasteiger partial charge >= 0.3 is 5.97 Å². The molecule has 0 aromatic heterocycles. The maximum Gasteiger partial charge on any atom is 0.340 e. The van der Waals surface area contributed by atoms with Gasteiger partial charge in [-0.25, -0.2) is 4.79 Å². The van der Waals surface area contributed by atoms with Crippen molar-refractivity contribution < 1.29 is 34.7 Å². The van der Waals surface area contributed by atoms with Crippen LogP contribution in [0.5, 0.6) is 0 Å². The summed E-state index contributed by atoms with van der Waals surface area (Å²) in [5.74, 6) is -0.741. The third-order valence-electron chi connectivity index (χ3n) is 3.08. The van der Waals surface area contributed by atoms with Crippen LogP contribution in [-0.4, -0.2) is 63.7 Å². The quantitative estimate of drug-likeness (QED) is 0.507. The fraction of sp³-hybridized carbons (Fsp3) is 0.462. The molecule has 0 bridgehead atoms. The molecule has 0 amide bonds. The van der Waals surface area contributed by atoms with Gasteiger partial charge in [-0.05, 0) is 12.1 Å². The van der Waals surface area contributed by atoms with Crippen LogP contribution in [0, 0.1) is 0 Å². The zero-order valence-electron chi connectivity index (χ0n) is 10.5. The Kier molecular flexibility index (Phi) is 4.69. The normalized spacial score (nSPS) is 33.7. The van der Waals surface area contributed by atoms with E-state index in [0.29, 0.717) is 0 Å². The molecule has 110 valence electrons. The molecule has 1 fully saturated rings. The van der Waals surface area contributed by atoms with Crippen LogP contribution in [0.3, 0.4) is 0 Å². The van der Waals surface area contributed by atoms with Crippen molar-refractivity contribution in [2.45, 2.75) is 30.7 Å². The summed E-state index contributed by atoms with van der Waals surface area (Å²) >= 11 is 0. The fourth-order valence-corrected chi connectivity index (χ4v) is 1.91. The van der Waals surface area contributed by atoms with Gasteiger partial charge in [-0.2, -0.15) is 0 Å². The summed E-state index contributed by atoms with van der Waals surface area (Å²) in [6.45, 7) is -0.579. The number of benzene rings is 1. The fourth-order valence-electron chi connectivity index (χ4n) is 1.91. The van der Waals surface area contributed by atoms with E-state index in [4.69, 9.17) is 14.6 Å². The van der Waals surface area contributed by atoms with E-state index in [9.17, 15) is 20.1 Å². The van der Waals surface area contributed by atoms with Gasteiger partial charge in [0.05, 0.1) is 12.2 Å². The topological polar surface area (TPSA) is 116 Å². The van der Waals surface area contributed by atoms with E-state index in [2.05, 4.69) is 0 Å². The summed E-state index contributed by atoms with van der Waals surface area (Å²) in [5.41, 5.74) is 0.254. The molecule has 1 saturated heterocycles. The molecule has 20 heavy (non-hydrogen) atoms. The van der Waals surface area contributed by atoms with Gasteiger partial charge in [0.25, 0.3) is 0 Å². The lowest BCUT2D eigenvalue weighted by Crippen LogP contribution is -2.59. The Labute approximate surface area is 115 Å². The number of carbonyl (C=O) groups is 1. The minimum Gasteiger partial charge on any atom is -0.429 e. The largest absolute Gasteiger partial charge is 0.429 e. The minimum atomic E-state index is -1.60. The SMILES string of the molecule is O=C(O[C@H]1O[C@H](CO)[C@H](O)[C@H](O)[C@H]1O)c1ccccc1. The second kappa shape index (κ2) is 6.29. The molecule has 1 heterocycles. The third-order valence-corrected chi connectivity index (χ3v) is 3.08. The van der Waals surface area contributed by atoms with Crippen molar-refractivity contribution in [2.75, 3.05) is 6.61 Å². The Morgan fingerprint density at radius 1 is 1.10 bits per heavy atom. The van der Waals surface area contributed by atoms with Gasteiger partial charge in [-0.3, -0.25) is 0 Å². The Balaban J connectivity index is 2.06. The molecule has 4 N–H and O–H groups in total. The van der Waals surface area contributed by atoms with E-state index < -0.39 is 43.3 Å². The third kappa shape index (κ3) is 2.97. The standard InChI is InChI=1S/C13H16O7/c14-6-8-9(15)10(16)11(17)13(19-8)20-12(18)7-4-2-1-3-5-7/h1-5,8-11,13-17H,6H2/t8-,9+,10+,11-,13-/m1/s1. The molecule has 1 aromatic carbocycles. The Hall–Kier alpha value is -1.51. The lowest BCUT2D eigenvalue weighted by molar-refractivity contribution is -0.285. The number of hydrogen-bond acceptors (Lipinski definition) is 7. The lowest BCUT2D eigenvalue weighted by Gasteiger charge is -2.39. The second-order valence-corrected chi connectivity index (χ2v) is 4.47. The van der Waals surface area contributed by atoms with Crippen LogP contribution in [0.2, 0.25) is 0 Å². The number of rotatable bonds is 3. The van der Waals surface area contributed by atoms with Crippen molar-refractivity contribution in [1.82, 2.24) is 0 Å². The molecule has 7 heteroatoms. The molecule has 0 saturated carbocycles. The van der Waals surface area contributed by atoms with Gasteiger partial charge in [0.15, 0.2) is 0 Å². The zero-order valence-corrected chi connectivity index (χ0v) is 10.5. The monoisotopic (exact) mass is 284 g/mol. The van der Waals surface area contributed by atoms with Gasteiger partial charge in [0.2, 0.25) is 6.29 Å². The van der Waals surface area contributed by atoms with Gasteiger partial charge in [-0.1, -0.05) is 18.2 Å². The van der Waals surface area contributed by atoms with Crippen LogP contribution < -0.4 is 0 Å². The van der Waals surface area contributed by atoms with E-state index in [1.807, 2.05) is 0 Å². The van der Waals surface area contributed by atoms with E-state index in [1.54, 1.807) is 18.2 Å². The molecule has 1 aliphatic rings. The van der Waals surface area contributed by atoms with E-state index >= 15 is 0 Å². The minimum absolute atomic E-state index is 0.254. The van der Waals surface area contributed by atoms with Crippen LogP contribution in [-0.2, 0) is 9.47 Å². The van der Waals surface area contributed by atoms with Crippen LogP contribution in [0.15, 0.2) is 30.3 Å². The highest BCUT2D eigenvalue weighted by molar-refractivity contribution is 5.89. The van der Waals surface area contributed by atoms with Crippen molar-refractivity contribution in [3.8, 4) is 0 Å². The number of ether oxygens (including phenoxy) is 2. The molecule has 5 atom stereocenters. The predicted molar refractivity (Wildman–Crippen MR) is 65.6 cm³/mol. The van der Waals surface area contributed by atoms with Crippen molar-refractivity contribution in [3.63, 3.8) is 0 Å². The lowest BCUT2D eigenvalue weighted by atomic mass is 9.99. The Morgan fingerprint density at radius 3 is 2.35 bits per heavy atom. The van der Waals surface area contributed by atoms with E-state index in [0.717, 1.165) is 0 Å². The first kappa shape index (κ1) is 14.9. The molecule has 1 aliphatic heterocycles. The highest BCUT2D eigenvalue weighted by Crippen LogP contribution is 2.22. The highest BCUT2D eigenvalue weighted by Gasteiger charge is 2.45. The summed E-state index contributed by atoms with van der Waals surface area (Å²) in [5, 5.41) is 37.9. The molecule has 0 unspecified atom stereocenters. The molecular formula is C13H16O7. The van der Waals surface area contributed by atoms with E-state index in [1.165, 1.54) is 12.1 Å². The summed E-state index contributed by atoms with van der Waals surface area (Å²) in [4.78, 5) is 11.8. The summed E-state index contributed by atoms with van der Waals surface area (Å²) in [7, 11) is 0. The van der Waals surface area contributed by atoms with Gasteiger partial charge in [-0.15, -0.1) is 0 Å². The molecule has 7 nitrogen and oxygen atoms in total. The molecule has 0 spiro atoms. The first-order valence-corrected chi connectivity index (χ1v) is 6.11. The maximum atomic E-state index is 11.8. The molecular weight excluding hydrogens is 268 g/mol. The Bertz CT molecular complexity index is 447. The number of aliphatic hydroxyl groups excluding tert-OH is 4. The smallest absolute Gasteiger partial charge is 0.340 e. The van der Waals surface area contributed by atoms with Gasteiger partial charge in [0, 0.05) is 0 Å². The van der Waals surface area contributed by atoms with Crippen LogP contribution in [0.25, 0.3) is 0 Å². The van der Waals surface area contributed by atoms with Crippen molar-refractivity contribution in [2.24, 2.45) is 0 Å². The van der Waals surface area contributed by atoms with Crippen LogP contribution in [0.4, 0.5) is 0 Å². The molecule has 0 radical (unpaired) electrons. The zero-order chi connectivity index (χ0) is 14.7. The average molecular weight is 284 g/mol. The van der Waals surface area contributed by atoms with E-state index in [-0.39, 0.29) is 5.56 Å². The van der Waals surface area contributed by atoms with Crippen LogP contribution >= 0.6 is 0 Å². The van der Waals surface area contributed by atoms with Crippen LogP contribution in [0.1, 0.15) is 10.4 Å². The number of esters is 1. The predicted octanol–water partition coefficient (Wildman–Crippen LogP) is -1.36. The maximum absolute atomic E-state index is 11.8. The van der Waals surface area contributed by atoms with Crippen molar-refractivity contribution in [1.29, 1.82) is 0 Å². The number of carbonyl (C=O) groups excluding carboxylic acids is 1. The number of hydrogen-bond donors (Lipinski definition) is 4. The molecule has 2 rings (SSSR count). The number of aliphatic hydroxyl groups is 4. The first-order valence-electron chi connectivity index (χ1n) is 6.11. The highest BCUT2D eigenvalue weighted by atomic mass is 16.7. The molecule has 0 aliphatic carbocycles. The molecule has 1 aromatic rings. The van der Waals surface area contributed by atoms with Gasteiger partial charge in [0.1, 0.15) is 24.4 Å². The van der Waals surface area contributed by atoms with Gasteiger partial charge < -0.3 is 29.9 Å². The average Bonchev–Trinajstić information content (AvgIpc) is 2.48. The van der Waals surface area contributed by atoms with Crippen molar-refractivity contribution in [3.05, 3.63) is 35.9 Å². The summed E-state index contributed by atoms with van der Waals surface area (Å²) in [6.07, 6.45) is -7.23. The Morgan fingerprint density at radius 2 is 1.75 bits per heavy atom. The van der Waals surface area contributed by atoms with Crippen molar-refractivity contribution >= 4 is 5.97 Å². The first-order chi connectivity index (χ1) is 9.54.